The molecule has 0 saturated carbocycles. The molecule has 1 fully saturated rings. The van der Waals surface area contributed by atoms with Gasteiger partial charge < -0.3 is 9.47 Å². The number of esters is 1. The molecule has 1 aliphatic heterocycles. The highest BCUT2D eigenvalue weighted by atomic mass is 16.5. The van der Waals surface area contributed by atoms with Gasteiger partial charge in [-0.2, -0.15) is 0 Å². The van der Waals surface area contributed by atoms with Gasteiger partial charge in [0.15, 0.2) is 0 Å². The summed E-state index contributed by atoms with van der Waals surface area (Å²) in [4.78, 5) is 14.3. The average molecular weight is 291 g/mol. The van der Waals surface area contributed by atoms with Crippen LogP contribution in [0.25, 0.3) is 0 Å². The summed E-state index contributed by atoms with van der Waals surface area (Å²) in [6, 6.07) is 10.1. The van der Waals surface area contributed by atoms with Crippen molar-refractivity contribution in [2.45, 2.75) is 45.2 Å². The fourth-order valence-corrected chi connectivity index (χ4v) is 2.90. The number of nitrogens with zero attached hydrogens (tertiary/aromatic N) is 1. The van der Waals surface area contributed by atoms with Crippen molar-refractivity contribution in [2.24, 2.45) is 0 Å². The van der Waals surface area contributed by atoms with Crippen LogP contribution in [0.15, 0.2) is 30.3 Å². The second-order valence-corrected chi connectivity index (χ2v) is 5.45. The average Bonchev–Trinajstić information content (AvgIpc) is 2.50. The van der Waals surface area contributed by atoms with E-state index in [-0.39, 0.29) is 12.0 Å². The molecule has 0 bridgehead atoms. The topological polar surface area (TPSA) is 38.8 Å². The van der Waals surface area contributed by atoms with Crippen LogP contribution in [0.2, 0.25) is 0 Å². The second kappa shape index (κ2) is 8.03. The number of para-hydroxylation sites is 1. The Morgan fingerprint density at radius 3 is 2.76 bits per heavy atom. The smallest absolute Gasteiger partial charge is 0.323 e. The Morgan fingerprint density at radius 1 is 1.29 bits per heavy atom. The third-order valence-electron chi connectivity index (χ3n) is 3.99. The largest absolute Gasteiger partial charge is 0.492 e. The van der Waals surface area contributed by atoms with Crippen LogP contribution in [0.3, 0.4) is 0 Å². The lowest BCUT2D eigenvalue weighted by Crippen LogP contribution is -2.51. The van der Waals surface area contributed by atoms with E-state index in [1.807, 2.05) is 37.3 Å². The standard InChI is InChI=1S/C17H25NO3/c1-3-20-17(19)16-11-7-8-14(2)18(16)12-13-21-15-9-5-4-6-10-15/h4-6,9-10,14,16H,3,7-8,11-13H2,1-2H3/t14-,16-/m0/s1. The first-order chi connectivity index (χ1) is 10.2. The fourth-order valence-electron chi connectivity index (χ4n) is 2.90. The van der Waals surface area contributed by atoms with Crippen molar-refractivity contribution < 1.29 is 14.3 Å². The summed E-state index contributed by atoms with van der Waals surface area (Å²) in [5, 5.41) is 0. The molecule has 0 aliphatic carbocycles. The molecular weight excluding hydrogens is 266 g/mol. The Balaban J connectivity index is 1.89. The first-order valence-corrected chi connectivity index (χ1v) is 7.82. The fraction of sp³-hybridized carbons (Fsp3) is 0.588. The molecule has 1 saturated heterocycles. The van der Waals surface area contributed by atoms with Crippen LogP contribution in [-0.4, -0.2) is 42.7 Å². The molecule has 0 radical (unpaired) electrons. The summed E-state index contributed by atoms with van der Waals surface area (Å²) in [7, 11) is 0. The van der Waals surface area contributed by atoms with Crippen molar-refractivity contribution in [1.82, 2.24) is 4.90 Å². The van der Waals surface area contributed by atoms with E-state index in [1.165, 1.54) is 0 Å². The van der Waals surface area contributed by atoms with Crippen LogP contribution < -0.4 is 4.74 Å². The Kier molecular flexibility index (Phi) is 6.05. The summed E-state index contributed by atoms with van der Waals surface area (Å²) in [6.07, 6.45) is 3.09. The van der Waals surface area contributed by atoms with Gasteiger partial charge in [0.05, 0.1) is 6.61 Å². The summed E-state index contributed by atoms with van der Waals surface area (Å²) >= 11 is 0. The van der Waals surface area contributed by atoms with Crippen LogP contribution in [-0.2, 0) is 9.53 Å². The molecule has 1 heterocycles. The first-order valence-electron chi connectivity index (χ1n) is 7.82. The number of hydrogen-bond acceptors (Lipinski definition) is 4. The number of carbonyl (C=O) groups excluding carboxylic acids is 1. The SMILES string of the molecule is CCOC(=O)[C@@H]1CCC[C@H](C)N1CCOc1ccccc1. The lowest BCUT2D eigenvalue weighted by Gasteiger charge is -2.38. The Labute approximate surface area is 127 Å². The minimum absolute atomic E-state index is 0.0937. The monoisotopic (exact) mass is 291 g/mol. The van der Waals surface area contributed by atoms with Gasteiger partial charge in [0, 0.05) is 12.6 Å². The highest BCUT2D eigenvalue weighted by Crippen LogP contribution is 2.23. The number of likely N-dealkylation sites (tertiary alicyclic amines) is 1. The predicted molar refractivity (Wildman–Crippen MR) is 82.4 cm³/mol. The number of rotatable bonds is 6. The van der Waals surface area contributed by atoms with E-state index in [0.29, 0.717) is 19.3 Å². The zero-order valence-corrected chi connectivity index (χ0v) is 13.0. The van der Waals surface area contributed by atoms with Gasteiger partial charge in [-0.25, -0.2) is 0 Å². The highest BCUT2D eigenvalue weighted by Gasteiger charge is 2.33. The Bertz CT molecular complexity index is 435. The minimum Gasteiger partial charge on any atom is -0.492 e. The van der Waals surface area contributed by atoms with Gasteiger partial charge in [-0.15, -0.1) is 0 Å². The van der Waals surface area contributed by atoms with Gasteiger partial charge in [-0.05, 0) is 45.2 Å². The van der Waals surface area contributed by atoms with Crippen molar-refractivity contribution in [1.29, 1.82) is 0 Å². The van der Waals surface area contributed by atoms with Gasteiger partial charge >= 0.3 is 5.97 Å². The highest BCUT2D eigenvalue weighted by molar-refractivity contribution is 5.76. The van der Waals surface area contributed by atoms with Gasteiger partial charge in [0.25, 0.3) is 0 Å². The van der Waals surface area contributed by atoms with Crippen LogP contribution in [0.5, 0.6) is 5.75 Å². The molecule has 116 valence electrons. The molecule has 0 N–H and O–H groups in total. The second-order valence-electron chi connectivity index (χ2n) is 5.45. The van der Waals surface area contributed by atoms with Crippen LogP contribution >= 0.6 is 0 Å². The Hall–Kier alpha value is -1.55. The number of hydrogen-bond donors (Lipinski definition) is 0. The van der Waals surface area contributed by atoms with Gasteiger partial charge in [0.1, 0.15) is 18.4 Å². The maximum atomic E-state index is 12.1. The molecule has 1 aromatic rings. The Morgan fingerprint density at radius 2 is 2.05 bits per heavy atom. The first kappa shape index (κ1) is 15.8. The number of carbonyl (C=O) groups is 1. The quantitative estimate of drug-likeness (QED) is 0.756. The maximum absolute atomic E-state index is 12.1. The van der Waals surface area contributed by atoms with Crippen molar-refractivity contribution in [3.05, 3.63) is 30.3 Å². The summed E-state index contributed by atoms with van der Waals surface area (Å²) < 4.78 is 11.0. The van der Waals surface area contributed by atoms with E-state index < -0.39 is 0 Å². The van der Waals surface area contributed by atoms with E-state index in [9.17, 15) is 4.79 Å². The summed E-state index contributed by atoms with van der Waals surface area (Å²) in [5.74, 6) is 0.776. The molecule has 0 amide bonds. The molecular formula is C17H25NO3. The minimum atomic E-state index is -0.118. The van der Waals surface area contributed by atoms with Crippen LogP contribution in [0, 0.1) is 0 Å². The third-order valence-corrected chi connectivity index (χ3v) is 3.99. The van der Waals surface area contributed by atoms with Crippen LogP contribution in [0.1, 0.15) is 33.1 Å². The number of piperidine rings is 1. The van der Waals surface area contributed by atoms with E-state index in [0.717, 1.165) is 31.6 Å². The van der Waals surface area contributed by atoms with Crippen LogP contribution in [0.4, 0.5) is 0 Å². The lowest BCUT2D eigenvalue weighted by atomic mass is 9.96. The van der Waals surface area contributed by atoms with Gasteiger partial charge in [-0.3, -0.25) is 9.69 Å². The predicted octanol–water partition coefficient (Wildman–Crippen LogP) is 2.87. The normalized spacial score (nSPS) is 22.8. The molecule has 4 nitrogen and oxygen atoms in total. The summed E-state index contributed by atoms with van der Waals surface area (Å²) in [5.41, 5.74) is 0. The number of benzene rings is 1. The van der Waals surface area contributed by atoms with E-state index in [2.05, 4.69) is 11.8 Å². The molecule has 2 atom stereocenters. The van der Waals surface area contributed by atoms with E-state index >= 15 is 0 Å². The van der Waals surface area contributed by atoms with Crippen molar-refractivity contribution >= 4 is 5.97 Å². The molecule has 0 unspecified atom stereocenters. The molecule has 0 aromatic heterocycles. The molecule has 2 rings (SSSR count). The molecule has 21 heavy (non-hydrogen) atoms. The molecule has 0 spiro atoms. The van der Waals surface area contributed by atoms with Gasteiger partial charge in [-0.1, -0.05) is 18.2 Å². The molecule has 1 aromatic carbocycles. The third kappa shape index (κ3) is 4.46. The molecule has 1 aliphatic rings. The van der Waals surface area contributed by atoms with Crippen molar-refractivity contribution in [3.63, 3.8) is 0 Å². The van der Waals surface area contributed by atoms with E-state index in [1.54, 1.807) is 0 Å². The zero-order valence-electron chi connectivity index (χ0n) is 13.0. The van der Waals surface area contributed by atoms with Crippen molar-refractivity contribution in [2.75, 3.05) is 19.8 Å². The lowest BCUT2D eigenvalue weighted by molar-refractivity contribution is -0.152. The number of ether oxygens (including phenoxy) is 2. The molecule has 4 heteroatoms. The van der Waals surface area contributed by atoms with Crippen molar-refractivity contribution in [3.8, 4) is 5.75 Å². The maximum Gasteiger partial charge on any atom is 0.323 e. The zero-order chi connectivity index (χ0) is 15.1. The van der Waals surface area contributed by atoms with Gasteiger partial charge in [0.2, 0.25) is 0 Å². The van der Waals surface area contributed by atoms with E-state index in [4.69, 9.17) is 9.47 Å². The summed E-state index contributed by atoms with van der Waals surface area (Å²) in [6.45, 7) is 5.81.